The summed E-state index contributed by atoms with van der Waals surface area (Å²) < 4.78 is 10.9. The third-order valence-corrected chi connectivity index (χ3v) is 6.06. The molecule has 0 unspecified atom stereocenters. The number of hydrogen-bond acceptors (Lipinski definition) is 5. The average Bonchev–Trinajstić information content (AvgIpc) is 2.94. The second-order valence-corrected chi connectivity index (χ2v) is 9.34. The number of halogens is 2. The minimum absolute atomic E-state index is 0.0308. The molecule has 1 atom stereocenters. The minimum atomic E-state index is -1.11. The summed E-state index contributed by atoms with van der Waals surface area (Å²) in [7, 11) is 0. The molecular weight excluding hydrogens is 539 g/mol. The molecular formula is C30H24Cl2N2O5. The van der Waals surface area contributed by atoms with Crippen LogP contribution < -0.4 is 15.4 Å². The lowest BCUT2D eigenvalue weighted by atomic mass is 10.1. The molecule has 0 bridgehead atoms. The van der Waals surface area contributed by atoms with E-state index in [0.29, 0.717) is 10.7 Å². The Kier molecular flexibility index (Phi) is 9.56. The van der Waals surface area contributed by atoms with E-state index in [-0.39, 0.29) is 29.4 Å². The molecule has 4 aromatic rings. The molecule has 0 fully saturated rings. The smallest absolute Gasteiger partial charge is 0.408 e. The maximum absolute atomic E-state index is 13.3. The van der Waals surface area contributed by atoms with Crippen LogP contribution in [0, 0.1) is 0 Å². The molecule has 39 heavy (non-hydrogen) atoms. The molecule has 2 N–H and O–H groups in total. The standard InChI is InChI=1S/C30H24Cl2N2O5/c31-22-11-14-24(15-12-22)33-28(35)25-16-13-23(32)18-27(25)39-29(36)26(17-20-7-3-1-4-8-20)34-30(37)38-19-21-9-5-2-6-10-21/h1-16,18,26H,17,19H2,(H,33,35)(H,34,37)/t26-/m1/s1. The van der Waals surface area contributed by atoms with E-state index in [1.807, 2.05) is 60.7 Å². The van der Waals surface area contributed by atoms with Gasteiger partial charge in [0, 0.05) is 28.2 Å². The van der Waals surface area contributed by atoms with Gasteiger partial charge in [0.25, 0.3) is 5.91 Å². The van der Waals surface area contributed by atoms with Gasteiger partial charge in [0.1, 0.15) is 18.4 Å². The summed E-state index contributed by atoms with van der Waals surface area (Å²) in [5.41, 5.74) is 2.16. The molecule has 4 rings (SSSR count). The second-order valence-electron chi connectivity index (χ2n) is 8.47. The van der Waals surface area contributed by atoms with Crippen LogP contribution in [-0.4, -0.2) is 24.0 Å². The number of benzene rings is 4. The van der Waals surface area contributed by atoms with Gasteiger partial charge in [-0.1, -0.05) is 83.9 Å². The Balaban J connectivity index is 1.50. The molecule has 0 radical (unpaired) electrons. The first-order chi connectivity index (χ1) is 18.9. The number of ether oxygens (including phenoxy) is 2. The van der Waals surface area contributed by atoms with Gasteiger partial charge in [-0.05, 0) is 47.5 Å². The van der Waals surface area contributed by atoms with Crippen LogP contribution in [0.25, 0.3) is 0 Å². The van der Waals surface area contributed by atoms with Crippen molar-refractivity contribution in [2.24, 2.45) is 0 Å². The molecule has 0 saturated heterocycles. The fourth-order valence-electron chi connectivity index (χ4n) is 3.63. The summed E-state index contributed by atoms with van der Waals surface area (Å²) in [5, 5.41) is 6.09. The summed E-state index contributed by atoms with van der Waals surface area (Å²) in [6, 6.07) is 28.1. The van der Waals surface area contributed by atoms with Crippen molar-refractivity contribution in [2.45, 2.75) is 19.1 Å². The summed E-state index contributed by atoms with van der Waals surface area (Å²) in [6.07, 6.45) is -0.656. The Hall–Kier alpha value is -4.33. The highest BCUT2D eigenvalue weighted by atomic mass is 35.5. The summed E-state index contributed by atoms with van der Waals surface area (Å²) in [6.45, 7) is 0.0308. The van der Waals surface area contributed by atoms with Crippen LogP contribution in [0.2, 0.25) is 10.0 Å². The van der Waals surface area contributed by atoms with E-state index in [1.54, 1.807) is 24.3 Å². The predicted octanol–water partition coefficient (Wildman–Crippen LogP) is 6.69. The SMILES string of the molecule is O=C(N[C@H](Cc1ccccc1)C(=O)Oc1cc(Cl)ccc1C(=O)Nc1ccc(Cl)cc1)OCc1ccccc1. The van der Waals surface area contributed by atoms with Gasteiger partial charge < -0.3 is 20.1 Å². The summed E-state index contributed by atoms with van der Waals surface area (Å²) in [4.78, 5) is 38.9. The quantitative estimate of drug-likeness (QED) is 0.175. The monoisotopic (exact) mass is 562 g/mol. The molecule has 4 aromatic carbocycles. The first-order valence-corrected chi connectivity index (χ1v) is 12.7. The summed E-state index contributed by atoms with van der Waals surface area (Å²) in [5.74, 6) is -1.37. The number of amides is 2. The molecule has 0 aliphatic rings. The third-order valence-electron chi connectivity index (χ3n) is 5.57. The van der Waals surface area contributed by atoms with Crippen LogP contribution in [0.1, 0.15) is 21.5 Å². The largest absolute Gasteiger partial charge is 0.445 e. The zero-order chi connectivity index (χ0) is 27.6. The highest BCUT2D eigenvalue weighted by molar-refractivity contribution is 6.31. The maximum Gasteiger partial charge on any atom is 0.408 e. The van der Waals surface area contributed by atoms with Crippen molar-refractivity contribution >= 4 is 46.9 Å². The van der Waals surface area contributed by atoms with Crippen LogP contribution in [0.4, 0.5) is 10.5 Å². The fourth-order valence-corrected chi connectivity index (χ4v) is 3.92. The lowest BCUT2D eigenvalue weighted by Gasteiger charge is -2.19. The maximum atomic E-state index is 13.3. The van der Waals surface area contributed by atoms with Crippen molar-refractivity contribution in [3.63, 3.8) is 0 Å². The second kappa shape index (κ2) is 13.5. The Bertz CT molecular complexity index is 1430. The molecule has 0 heterocycles. The highest BCUT2D eigenvalue weighted by Crippen LogP contribution is 2.26. The number of rotatable bonds is 9. The molecule has 2 amide bonds. The Morgan fingerprint density at radius 3 is 2.03 bits per heavy atom. The zero-order valence-electron chi connectivity index (χ0n) is 20.6. The number of anilines is 1. The van der Waals surface area contributed by atoms with Crippen LogP contribution in [0.5, 0.6) is 5.75 Å². The Morgan fingerprint density at radius 1 is 0.744 bits per heavy atom. The normalized spacial score (nSPS) is 11.2. The predicted molar refractivity (Wildman–Crippen MR) is 150 cm³/mol. The molecule has 0 saturated carbocycles. The fraction of sp³-hybridized carbons (Fsp3) is 0.100. The average molecular weight is 563 g/mol. The van der Waals surface area contributed by atoms with Gasteiger partial charge in [-0.3, -0.25) is 4.79 Å². The molecule has 0 aromatic heterocycles. The van der Waals surface area contributed by atoms with Gasteiger partial charge in [0.15, 0.2) is 0 Å². The van der Waals surface area contributed by atoms with Gasteiger partial charge in [-0.2, -0.15) is 0 Å². The molecule has 0 aliphatic heterocycles. The van der Waals surface area contributed by atoms with E-state index in [1.165, 1.54) is 18.2 Å². The molecule has 0 aliphatic carbocycles. The van der Waals surface area contributed by atoms with E-state index < -0.39 is 24.0 Å². The highest BCUT2D eigenvalue weighted by Gasteiger charge is 2.26. The van der Waals surface area contributed by atoms with Crippen molar-refractivity contribution in [2.75, 3.05) is 5.32 Å². The lowest BCUT2D eigenvalue weighted by molar-refractivity contribution is -0.136. The van der Waals surface area contributed by atoms with Crippen molar-refractivity contribution in [1.29, 1.82) is 0 Å². The van der Waals surface area contributed by atoms with Crippen molar-refractivity contribution in [3.05, 3.63) is 130 Å². The van der Waals surface area contributed by atoms with E-state index in [2.05, 4.69) is 10.6 Å². The van der Waals surface area contributed by atoms with Crippen molar-refractivity contribution in [3.8, 4) is 5.75 Å². The molecule has 7 nitrogen and oxygen atoms in total. The van der Waals surface area contributed by atoms with E-state index >= 15 is 0 Å². The number of nitrogens with one attached hydrogen (secondary N) is 2. The van der Waals surface area contributed by atoms with Gasteiger partial charge in [-0.25, -0.2) is 9.59 Å². The zero-order valence-corrected chi connectivity index (χ0v) is 22.1. The number of esters is 1. The lowest BCUT2D eigenvalue weighted by Crippen LogP contribution is -2.44. The summed E-state index contributed by atoms with van der Waals surface area (Å²) >= 11 is 12.1. The minimum Gasteiger partial charge on any atom is -0.445 e. The van der Waals surface area contributed by atoms with E-state index in [4.69, 9.17) is 32.7 Å². The first-order valence-electron chi connectivity index (χ1n) is 12.0. The number of carbonyl (C=O) groups excluding carboxylic acids is 3. The molecule has 0 spiro atoms. The number of carbonyl (C=O) groups is 3. The van der Waals surface area contributed by atoms with Gasteiger partial charge in [0.05, 0.1) is 5.56 Å². The Labute approximate surface area is 235 Å². The van der Waals surface area contributed by atoms with Gasteiger partial charge >= 0.3 is 12.1 Å². The molecule has 9 heteroatoms. The van der Waals surface area contributed by atoms with Gasteiger partial charge in [-0.15, -0.1) is 0 Å². The topological polar surface area (TPSA) is 93.7 Å². The van der Waals surface area contributed by atoms with Crippen molar-refractivity contribution < 1.29 is 23.9 Å². The first kappa shape index (κ1) is 27.7. The van der Waals surface area contributed by atoms with Crippen LogP contribution in [0.15, 0.2) is 103 Å². The number of alkyl carbamates (subject to hydrolysis) is 1. The van der Waals surface area contributed by atoms with Crippen LogP contribution in [-0.2, 0) is 22.6 Å². The third kappa shape index (κ3) is 8.33. The van der Waals surface area contributed by atoms with Crippen molar-refractivity contribution in [1.82, 2.24) is 5.32 Å². The van der Waals surface area contributed by atoms with Gasteiger partial charge in [0.2, 0.25) is 0 Å². The van der Waals surface area contributed by atoms with Crippen LogP contribution in [0.3, 0.4) is 0 Å². The van der Waals surface area contributed by atoms with E-state index in [9.17, 15) is 14.4 Å². The van der Waals surface area contributed by atoms with E-state index in [0.717, 1.165) is 11.1 Å². The van der Waals surface area contributed by atoms with Crippen LogP contribution >= 0.6 is 23.2 Å². The number of hydrogen-bond donors (Lipinski definition) is 2. The molecule has 198 valence electrons. The Morgan fingerprint density at radius 2 is 1.36 bits per heavy atom.